The largest absolute Gasteiger partial charge is 0.459 e. The van der Waals surface area contributed by atoms with Crippen LogP contribution in [-0.4, -0.2) is 47.8 Å². The van der Waals surface area contributed by atoms with Crippen LogP contribution in [0.1, 0.15) is 30.8 Å². The van der Waals surface area contributed by atoms with Crippen molar-refractivity contribution in [1.82, 2.24) is 9.80 Å². The molecule has 2 rings (SSSR count). The third-order valence-corrected chi connectivity index (χ3v) is 3.19. The third kappa shape index (κ3) is 3.36. The number of carbonyl (C=O) groups is 2. The van der Waals surface area contributed by atoms with Gasteiger partial charge in [0.05, 0.1) is 6.26 Å². The fourth-order valence-electron chi connectivity index (χ4n) is 2.26. The molecule has 0 spiro atoms. The van der Waals surface area contributed by atoms with Gasteiger partial charge in [0.2, 0.25) is 5.91 Å². The highest BCUT2D eigenvalue weighted by atomic mass is 16.3. The molecule has 1 aliphatic heterocycles. The fraction of sp³-hybridized carbons (Fsp3) is 0.571. The van der Waals surface area contributed by atoms with E-state index >= 15 is 0 Å². The number of hydrogen-bond donors (Lipinski definition) is 0. The van der Waals surface area contributed by atoms with E-state index < -0.39 is 0 Å². The van der Waals surface area contributed by atoms with Crippen LogP contribution in [0.25, 0.3) is 0 Å². The summed E-state index contributed by atoms with van der Waals surface area (Å²) in [5.74, 6) is 0.772. The van der Waals surface area contributed by atoms with Crippen LogP contribution < -0.4 is 0 Å². The fourth-order valence-corrected chi connectivity index (χ4v) is 2.26. The highest BCUT2D eigenvalue weighted by molar-refractivity contribution is 5.92. The van der Waals surface area contributed by atoms with Crippen molar-refractivity contribution in [3.63, 3.8) is 0 Å². The van der Waals surface area contributed by atoms with Gasteiger partial charge in [-0.1, -0.05) is 13.8 Å². The van der Waals surface area contributed by atoms with E-state index in [1.807, 2.05) is 4.90 Å². The molecule has 104 valence electrons. The molecule has 1 saturated heterocycles. The van der Waals surface area contributed by atoms with Gasteiger partial charge in [-0.3, -0.25) is 9.59 Å². The summed E-state index contributed by atoms with van der Waals surface area (Å²) >= 11 is 0. The SMILES string of the molecule is CC(C)CN1CCN(C(=O)c2ccco2)CCC1=O. The molecule has 0 N–H and O–H groups in total. The Bertz CT molecular complexity index is 440. The van der Waals surface area contributed by atoms with E-state index in [0.29, 0.717) is 37.7 Å². The van der Waals surface area contributed by atoms with Crippen molar-refractivity contribution in [3.05, 3.63) is 24.2 Å². The summed E-state index contributed by atoms with van der Waals surface area (Å²) in [6.07, 6.45) is 1.88. The van der Waals surface area contributed by atoms with Crippen LogP contribution >= 0.6 is 0 Å². The molecule has 2 heterocycles. The average Bonchev–Trinajstić information content (AvgIpc) is 2.83. The van der Waals surface area contributed by atoms with Crippen LogP contribution in [0, 0.1) is 5.92 Å². The second-order valence-corrected chi connectivity index (χ2v) is 5.25. The highest BCUT2D eigenvalue weighted by Crippen LogP contribution is 2.11. The molecule has 0 atom stereocenters. The Hall–Kier alpha value is -1.78. The van der Waals surface area contributed by atoms with Gasteiger partial charge in [0.25, 0.3) is 5.91 Å². The summed E-state index contributed by atoms with van der Waals surface area (Å²) in [4.78, 5) is 27.7. The number of rotatable bonds is 3. The number of nitrogens with zero attached hydrogens (tertiary/aromatic N) is 2. The number of amides is 2. The van der Waals surface area contributed by atoms with Gasteiger partial charge in [0.15, 0.2) is 5.76 Å². The third-order valence-electron chi connectivity index (χ3n) is 3.19. The molecule has 19 heavy (non-hydrogen) atoms. The van der Waals surface area contributed by atoms with Crippen molar-refractivity contribution in [3.8, 4) is 0 Å². The lowest BCUT2D eigenvalue weighted by molar-refractivity contribution is -0.130. The summed E-state index contributed by atoms with van der Waals surface area (Å²) in [6, 6.07) is 3.35. The van der Waals surface area contributed by atoms with Crippen LogP contribution in [0.4, 0.5) is 0 Å². The van der Waals surface area contributed by atoms with Crippen molar-refractivity contribution in [2.24, 2.45) is 5.92 Å². The molecular weight excluding hydrogens is 244 g/mol. The molecule has 1 aliphatic rings. The molecule has 0 unspecified atom stereocenters. The predicted molar refractivity (Wildman–Crippen MR) is 70.6 cm³/mol. The minimum absolute atomic E-state index is 0.128. The lowest BCUT2D eigenvalue weighted by Gasteiger charge is -2.23. The first kappa shape index (κ1) is 13.6. The molecule has 5 heteroatoms. The van der Waals surface area contributed by atoms with E-state index in [1.165, 1.54) is 6.26 Å². The minimum atomic E-state index is -0.135. The zero-order valence-corrected chi connectivity index (χ0v) is 11.5. The molecule has 0 aliphatic carbocycles. The van der Waals surface area contributed by atoms with E-state index in [4.69, 9.17) is 4.42 Å². The van der Waals surface area contributed by atoms with Gasteiger partial charge in [-0.25, -0.2) is 0 Å². The Balaban J connectivity index is 1.99. The standard InChI is InChI=1S/C14H20N2O3/c1-11(2)10-16-8-7-15(6-5-13(16)17)14(18)12-4-3-9-19-12/h3-4,9,11H,5-8,10H2,1-2H3. The molecule has 0 bridgehead atoms. The highest BCUT2D eigenvalue weighted by Gasteiger charge is 2.25. The molecule has 0 saturated carbocycles. The Morgan fingerprint density at radius 1 is 1.37 bits per heavy atom. The molecule has 0 aromatic carbocycles. The molecule has 2 amide bonds. The minimum Gasteiger partial charge on any atom is -0.459 e. The predicted octanol–water partition coefficient (Wildman–Crippen LogP) is 1.61. The molecule has 0 radical (unpaired) electrons. The molecule has 1 aromatic rings. The maximum absolute atomic E-state index is 12.2. The Morgan fingerprint density at radius 2 is 2.16 bits per heavy atom. The lowest BCUT2D eigenvalue weighted by Crippen LogP contribution is -2.37. The van der Waals surface area contributed by atoms with Gasteiger partial charge in [0, 0.05) is 32.6 Å². The Kier molecular flexibility index (Phi) is 4.24. The van der Waals surface area contributed by atoms with Gasteiger partial charge >= 0.3 is 0 Å². The lowest BCUT2D eigenvalue weighted by atomic mass is 10.2. The van der Waals surface area contributed by atoms with Crippen LogP contribution in [0.3, 0.4) is 0 Å². The van der Waals surface area contributed by atoms with Crippen molar-refractivity contribution >= 4 is 11.8 Å². The maximum Gasteiger partial charge on any atom is 0.289 e. The smallest absolute Gasteiger partial charge is 0.289 e. The van der Waals surface area contributed by atoms with Crippen LogP contribution in [-0.2, 0) is 4.79 Å². The van der Waals surface area contributed by atoms with E-state index in [9.17, 15) is 9.59 Å². The number of carbonyl (C=O) groups excluding carboxylic acids is 2. The summed E-state index contributed by atoms with van der Waals surface area (Å²) < 4.78 is 5.12. The van der Waals surface area contributed by atoms with Gasteiger partial charge in [-0.2, -0.15) is 0 Å². The van der Waals surface area contributed by atoms with Crippen LogP contribution in [0.15, 0.2) is 22.8 Å². The van der Waals surface area contributed by atoms with Gasteiger partial charge in [-0.15, -0.1) is 0 Å². The van der Waals surface area contributed by atoms with Gasteiger partial charge in [0.1, 0.15) is 0 Å². The number of furan rings is 1. The molecule has 1 fully saturated rings. The van der Waals surface area contributed by atoms with Crippen molar-refractivity contribution in [2.45, 2.75) is 20.3 Å². The topological polar surface area (TPSA) is 53.8 Å². The summed E-state index contributed by atoms with van der Waals surface area (Å²) in [5.41, 5.74) is 0. The second-order valence-electron chi connectivity index (χ2n) is 5.25. The van der Waals surface area contributed by atoms with E-state index in [2.05, 4.69) is 13.8 Å². The molecule has 5 nitrogen and oxygen atoms in total. The van der Waals surface area contributed by atoms with E-state index in [0.717, 1.165) is 6.54 Å². The quantitative estimate of drug-likeness (QED) is 0.833. The van der Waals surface area contributed by atoms with Crippen molar-refractivity contribution in [2.75, 3.05) is 26.2 Å². The zero-order chi connectivity index (χ0) is 13.8. The Morgan fingerprint density at radius 3 is 2.79 bits per heavy atom. The van der Waals surface area contributed by atoms with Crippen molar-refractivity contribution < 1.29 is 14.0 Å². The summed E-state index contributed by atoms with van der Waals surface area (Å²) in [7, 11) is 0. The van der Waals surface area contributed by atoms with Crippen LogP contribution in [0.5, 0.6) is 0 Å². The normalized spacial score (nSPS) is 16.9. The Labute approximate surface area is 113 Å². The summed E-state index contributed by atoms with van der Waals surface area (Å²) in [5, 5.41) is 0. The van der Waals surface area contributed by atoms with Gasteiger partial charge < -0.3 is 14.2 Å². The van der Waals surface area contributed by atoms with E-state index in [1.54, 1.807) is 17.0 Å². The molecule has 1 aromatic heterocycles. The maximum atomic E-state index is 12.2. The second kappa shape index (κ2) is 5.91. The monoisotopic (exact) mass is 264 g/mol. The van der Waals surface area contributed by atoms with Crippen LogP contribution in [0.2, 0.25) is 0 Å². The average molecular weight is 264 g/mol. The first-order chi connectivity index (χ1) is 9.08. The summed E-state index contributed by atoms with van der Waals surface area (Å²) in [6.45, 7) is 6.56. The number of hydrogen-bond acceptors (Lipinski definition) is 3. The van der Waals surface area contributed by atoms with E-state index in [-0.39, 0.29) is 11.8 Å². The first-order valence-electron chi connectivity index (χ1n) is 6.68. The first-order valence-corrected chi connectivity index (χ1v) is 6.68. The van der Waals surface area contributed by atoms with Gasteiger partial charge in [-0.05, 0) is 18.1 Å². The zero-order valence-electron chi connectivity index (χ0n) is 11.5. The molecular formula is C14H20N2O3. The van der Waals surface area contributed by atoms with Crippen molar-refractivity contribution in [1.29, 1.82) is 0 Å².